The van der Waals surface area contributed by atoms with Gasteiger partial charge in [0.25, 0.3) is 0 Å². The summed E-state index contributed by atoms with van der Waals surface area (Å²) in [6.45, 7) is 6.42. The maximum atomic E-state index is 12.7. The molecule has 0 rings (SSSR count). The minimum Gasteiger partial charge on any atom is -0.462 e. The van der Waals surface area contributed by atoms with E-state index in [9.17, 15) is 14.4 Å². The molecule has 0 fully saturated rings. The first-order valence-corrected chi connectivity index (χ1v) is 23.8. The highest BCUT2D eigenvalue weighted by molar-refractivity contribution is 5.71. The van der Waals surface area contributed by atoms with Crippen LogP contribution in [0.5, 0.6) is 0 Å². The van der Waals surface area contributed by atoms with Crippen LogP contribution in [0.15, 0.2) is 60.8 Å². The van der Waals surface area contributed by atoms with Crippen molar-refractivity contribution in [3.63, 3.8) is 0 Å². The molecule has 0 saturated carbocycles. The number of unbranched alkanes of at least 4 members (excludes halogenated alkanes) is 21. The van der Waals surface area contributed by atoms with Gasteiger partial charge in [-0.25, -0.2) is 0 Å². The van der Waals surface area contributed by atoms with E-state index in [1.165, 1.54) is 96.3 Å². The molecule has 0 aromatic rings. The number of allylic oxidation sites excluding steroid dienone is 10. The Hall–Kier alpha value is -2.89. The molecule has 6 heteroatoms. The van der Waals surface area contributed by atoms with E-state index in [1.54, 1.807) is 0 Å². The van der Waals surface area contributed by atoms with Crippen molar-refractivity contribution in [3.8, 4) is 0 Å². The number of esters is 3. The minimum atomic E-state index is -0.799. The van der Waals surface area contributed by atoms with Gasteiger partial charge in [-0.3, -0.25) is 14.4 Å². The molecule has 57 heavy (non-hydrogen) atoms. The van der Waals surface area contributed by atoms with Crippen molar-refractivity contribution in [2.45, 2.75) is 232 Å². The van der Waals surface area contributed by atoms with Crippen LogP contribution in [-0.4, -0.2) is 37.2 Å². The van der Waals surface area contributed by atoms with E-state index in [4.69, 9.17) is 14.2 Å². The number of carbonyl (C=O) groups is 3. The fourth-order valence-electron chi connectivity index (χ4n) is 6.39. The van der Waals surface area contributed by atoms with Crippen molar-refractivity contribution in [1.29, 1.82) is 0 Å². The fourth-order valence-corrected chi connectivity index (χ4v) is 6.39. The molecular weight excluding hydrogens is 709 g/mol. The van der Waals surface area contributed by atoms with Crippen LogP contribution in [0, 0.1) is 0 Å². The van der Waals surface area contributed by atoms with Crippen molar-refractivity contribution in [3.05, 3.63) is 60.8 Å². The van der Waals surface area contributed by atoms with Crippen molar-refractivity contribution >= 4 is 17.9 Å². The Kier molecular flexibility index (Phi) is 43.5. The monoisotopic (exact) mass is 797 g/mol. The fraction of sp³-hybridized carbons (Fsp3) is 0.745. The highest BCUT2D eigenvalue weighted by atomic mass is 16.6. The third-order valence-electron chi connectivity index (χ3n) is 9.98. The van der Waals surface area contributed by atoms with Gasteiger partial charge in [0.2, 0.25) is 0 Å². The molecule has 0 aliphatic carbocycles. The van der Waals surface area contributed by atoms with Crippen LogP contribution in [0.4, 0.5) is 0 Å². The summed E-state index contributed by atoms with van der Waals surface area (Å²) >= 11 is 0. The minimum absolute atomic E-state index is 0.0977. The summed E-state index contributed by atoms with van der Waals surface area (Å²) in [6.07, 6.45) is 55.0. The third-order valence-corrected chi connectivity index (χ3v) is 9.98. The molecule has 0 heterocycles. The van der Waals surface area contributed by atoms with Crippen LogP contribution in [0.2, 0.25) is 0 Å². The Morgan fingerprint density at radius 1 is 0.368 bits per heavy atom. The van der Waals surface area contributed by atoms with E-state index in [-0.39, 0.29) is 37.5 Å². The molecule has 328 valence electrons. The largest absolute Gasteiger partial charge is 0.462 e. The molecule has 0 aromatic heterocycles. The van der Waals surface area contributed by atoms with E-state index in [2.05, 4.69) is 81.5 Å². The second-order valence-electron chi connectivity index (χ2n) is 15.6. The lowest BCUT2D eigenvalue weighted by atomic mass is 10.1. The molecule has 0 aliphatic rings. The summed E-state index contributed by atoms with van der Waals surface area (Å²) in [5.41, 5.74) is 0. The molecule has 0 spiro atoms. The van der Waals surface area contributed by atoms with Crippen molar-refractivity contribution in [2.75, 3.05) is 13.2 Å². The zero-order chi connectivity index (χ0) is 41.5. The molecule has 0 saturated heterocycles. The molecule has 0 amide bonds. The number of hydrogen-bond acceptors (Lipinski definition) is 6. The Bertz CT molecular complexity index is 1050. The maximum absolute atomic E-state index is 12.7. The lowest BCUT2D eigenvalue weighted by molar-refractivity contribution is -0.167. The molecule has 6 nitrogen and oxygen atoms in total. The SMILES string of the molecule is CC/C=C\C/C=C\C/C=C\CCCC(=O)OCC(COC(=O)CCCCCCC/C=C\CCCCCCCCC)OC(=O)CCCCCCC/C=C\CCCCC. The van der Waals surface area contributed by atoms with Crippen LogP contribution in [0.1, 0.15) is 226 Å². The van der Waals surface area contributed by atoms with E-state index >= 15 is 0 Å². The lowest BCUT2D eigenvalue weighted by Gasteiger charge is -2.18. The topological polar surface area (TPSA) is 78.9 Å². The van der Waals surface area contributed by atoms with Gasteiger partial charge in [-0.15, -0.1) is 0 Å². The van der Waals surface area contributed by atoms with Gasteiger partial charge < -0.3 is 14.2 Å². The zero-order valence-corrected chi connectivity index (χ0v) is 37.3. The van der Waals surface area contributed by atoms with E-state index in [1.807, 2.05) is 0 Å². The number of hydrogen-bond donors (Lipinski definition) is 0. The van der Waals surface area contributed by atoms with E-state index < -0.39 is 6.10 Å². The first-order valence-electron chi connectivity index (χ1n) is 23.8. The Morgan fingerprint density at radius 3 is 1.19 bits per heavy atom. The molecule has 0 bridgehead atoms. The molecular formula is C51H88O6. The first kappa shape index (κ1) is 54.1. The highest BCUT2D eigenvalue weighted by Gasteiger charge is 2.19. The van der Waals surface area contributed by atoms with Crippen LogP contribution in [0.25, 0.3) is 0 Å². The maximum Gasteiger partial charge on any atom is 0.306 e. The summed E-state index contributed by atoms with van der Waals surface area (Å²) in [4.78, 5) is 37.7. The van der Waals surface area contributed by atoms with Gasteiger partial charge in [-0.1, -0.05) is 171 Å². The summed E-state index contributed by atoms with van der Waals surface area (Å²) in [5, 5.41) is 0. The van der Waals surface area contributed by atoms with Gasteiger partial charge in [-0.05, 0) is 96.3 Å². The van der Waals surface area contributed by atoms with Gasteiger partial charge >= 0.3 is 17.9 Å². The number of ether oxygens (including phenoxy) is 3. The van der Waals surface area contributed by atoms with Crippen molar-refractivity contribution in [2.24, 2.45) is 0 Å². The molecule has 0 radical (unpaired) electrons. The molecule has 1 atom stereocenters. The smallest absolute Gasteiger partial charge is 0.306 e. The summed E-state index contributed by atoms with van der Waals surface area (Å²) in [6, 6.07) is 0. The predicted molar refractivity (Wildman–Crippen MR) is 242 cm³/mol. The highest BCUT2D eigenvalue weighted by Crippen LogP contribution is 2.13. The summed E-state index contributed by atoms with van der Waals surface area (Å²) in [7, 11) is 0. The molecule has 0 N–H and O–H groups in total. The second kappa shape index (κ2) is 45.8. The lowest BCUT2D eigenvalue weighted by Crippen LogP contribution is -2.30. The third kappa shape index (κ3) is 44.1. The van der Waals surface area contributed by atoms with Gasteiger partial charge in [0.15, 0.2) is 6.10 Å². The quantitative estimate of drug-likeness (QED) is 0.0265. The molecule has 0 aromatic carbocycles. The van der Waals surface area contributed by atoms with Gasteiger partial charge in [0.1, 0.15) is 13.2 Å². The standard InChI is InChI=1S/C51H88O6/c1-4-7-10-13-16-19-22-24-25-26-27-30-32-35-38-41-44-50(53)56-47-48(46-55-49(52)43-40-37-34-31-28-21-18-15-12-9-6-3)57-51(54)45-42-39-36-33-29-23-20-17-14-11-8-5-2/h9,12,17-18,20-21,25-26,31,34,48H,4-8,10-11,13-16,19,22-24,27-30,32-33,35-47H2,1-3H3/b12-9-,20-17-,21-18-,26-25-,34-31-. The second-order valence-corrected chi connectivity index (χ2v) is 15.6. The zero-order valence-electron chi connectivity index (χ0n) is 37.3. The summed E-state index contributed by atoms with van der Waals surface area (Å²) < 4.78 is 16.7. The Labute approximate surface area is 351 Å². The predicted octanol–water partition coefficient (Wildman–Crippen LogP) is 15.3. The average Bonchev–Trinajstić information content (AvgIpc) is 3.21. The van der Waals surface area contributed by atoms with Crippen LogP contribution in [0.3, 0.4) is 0 Å². The van der Waals surface area contributed by atoms with E-state index in [0.29, 0.717) is 19.3 Å². The van der Waals surface area contributed by atoms with Gasteiger partial charge in [0.05, 0.1) is 0 Å². The van der Waals surface area contributed by atoms with Gasteiger partial charge in [-0.2, -0.15) is 0 Å². The first-order chi connectivity index (χ1) is 28.0. The average molecular weight is 797 g/mol. The van der Waals surface area contributed by atoms with E-state index in [0.717, 1.165) is 83.5 Å². The van der Waals surface area contributed by atoms with Crippen LogP contribution in [-0.2, 0) is 28.6 Å². The van der Waals surface area contributed by atoms with Gasteiger partial charge in [0, 0.05) is 19.3 Å². The molecule has 1 unspecified atom stereocenters. The van der Waals surface area contributed by atoms with Crippen molar-refractivity contribution < 1.29 is 28.6 Å². The molecule has 0 aliphatic heterocycles. The van der Waals surface area contributed by atoms with Crippen LogP contribution >= 0.6 is 0 Å². The number of carbonyl (C=O) groups excluding carboxylic acids is 3. The number of rotatable bonds is 42. The normalized spacial score (nSPS) is 12.5. The Balaban J connectivity index is 4.43. The van der Waals surface area contributed by atoms with Crippen LogP contribution < -0.4 is 0 Å². The summed E-state index contributed by atoms with van der Waals surface area (Å²) in [5.74, 6) is -0.973. The Morgan fingerprint density at radius 2 is 0.702 bits per heavy atom. The van der Waals surface area contributed by atoms with Crippen molar-refractivity contribution in [1.82, 2.24) is 0 Å².